The summed E-state index contributed by atoms with van der Waals surface area (Å²) < 4.78 is 11.9. The van der Waals surface area contributed by atoms with E-state index in [-0.39, 0.29) is 23.6 Å². The smallest absolute Gasteiger partial charge is 0.335 e. The monoisotopic (exact) mass is 565 g/mol. The molecule has 1 saturated heterocycles. The third-order valence-electron chi connectivity index (χ3n) is 5.54. The molecule has 1 aliphatic rings. The van der Waals surface area contributed by atoms with Crippen molar-refractivity contribution in [3.63, 3.8) is 0 Å². The Hall–Kier alpha value is -4.51. The quantitative estimate of drug-likeness (QED) is 0.186. The molecule has 10 nitrogen and oxygen atoms in total. The van der Waals surface area contributed by atoms with Gasteiger partial charge in [-0.3, -0.25) is 25.0 Å². The normalized spacial score (nSPS) is 14.5. The summed E-state index contributed by atoms with van der Waals surface area (Å²) in [5.41, 5.74) is 1.55. The van der Waals surface area contributed by atoms with E-state index < -0.39 is 22.8 Å². The molecule has 1 N–H and O–H groups in total. The Morgan fingerprint density at radius 1 is 1.08 bits per heavy atom. The van der Waals surface area contributed by atoms with Crippen molar-refractivity contribution in [1.82, 2.24) is 5.32 Å². The zero-order valence-corrected chi connectivity index (χ0v) is 21.3. The maximum absolute atomic E-state index is 13.3. The number of carbonyl (C=O) groups is 3. The van der Waals surface area contributed by atoms with Crippen LogP contribution >= 0.6 is 15.9 Å². The average molecular weight is 566 g/mol. The lowest BCUT2D eigenvalue weighted by Gasteiger charge is -2.27. The number of hydrogen-bond donors (Lipinski definition) is 1. The molecular formula is C26H20BrN3O7. The first-order valence-electron chi connectivity index (χ1n) is 10.9. The molecule has 4 rings (SSSR count). The number of urea groups is 1. The van der Waals surface area contributed by atoms with Gasteiger partial charge in [0.1, 0.15) is 23.7 Å². The van der Waals surface area contributed by atoms with Crippen LogP contribution in [0.3, 0.4) is 0 Å². The van der Waals surface area contributed by atoms with Crippen molar-refractivity contribution in [2.45, 2.75) is 13.5 Å². The van der Waals surface area contributed by atoms with Crippen molar-refractivity contribution < 1.29 is 28.8 Å². The highest BCUT2D eigenvalue weighted by Crippen LogP contribution is 2.31. The Labute approximate surface area is 219 Å². The average Bonchev–Trinajstić information content (AvgIpc) is 2.87. The van der Waals surface area contributed by atoms with Crippen molar-refractivity contribution in [3.8, 4) is 11.5 Å². The second kappa shape index (κ2) is 10.6. The number of anilines is 1. The number of imide groups is 2. The number of rotatable bonds is 7. The fraction of sp³-hybridized carbons (Fsp3) is 0.115. The molecule has 37 heavy (non-hydrogen) atoms. The van der Waals surface area contributed by atoms with Crippen LogP contribution in [0, 0.1) is 17.0 Å². The minimum Gasteiger partial charge on any atom is -0.497 e. The lowest BCUT2D eigenvalue weighted by molar-refractivity contribution is -0.384. The van der Waals surface area contributed by atoms with Crippen molar-refractivity contribution in [2.75, 3.05) is 12.0 Å². The molecule has 1 aliphatic heterocycles. The van der Waals surface area contributed by atoms with E-state index >= 15 is 0 Å². The van der Waals surface area contributed by atoms with E-state index in [2.05, 4.69) is 21.2 Å². The maximum Gasteiger partial charge on any atom is 0.335 e. The zero-order valence-electron chi connectivity index (χ0n) is 19.7. The van der Waals surface area contributed by atoms with E-state index in [1.807, 2.05) is 0 Å². The molecule has 4 amide bonds. The van der Waals surface area contributed by atoms with Gasteiger partial charge in [-0.25, -0.2) is 9.69 Å². The van der Waals surface area contributed by atoms with Gasteiger partial charge >= 0.3 is 6.03 Å². The predicted molar refractivity (Wildman–Crippen MR) is 138 cm³/mol. The van der Waals surface area contributed by atoms with Gasteiger partial charge in [-0.2, -0.15) is 0 Å². The summed E-state index contributed by atoms with van der Waals surface area (Å²) in [7, 11) is 1.47. The Morgan fingerprint density at radius 2 is 1.86 bits per heavy atom. The number of methoxy groups -OCH3 is 1. The van der Waals surface area contributed by atoms with Crippen LogP contribution in [0.5, 0.6) is 11.5 Å². The lowest BCUT2D eigenvalue weighted by atomic mass is 10.0. The molecule has 0 atom stereocenters. The standard InChI is InChI=1S/C26H20BrN3O7/c1-15-10-18(27)7-9-22(15)29-25(32)21(24(31)28-26(29)33)12-17-6-8-20(36-2)13-23(17)37-14-16-4-3-5-19(11-16)30(34)35/h3-13H,14H2,1-2H3,(H,28,31,33)/b21-12-. The highest BCUT2D eigenvalue weighted by Gasteiger charge is 2.37. The number of aryl methyl sites for hydroxylation is 1. The molecule has 188 valence electrons. The maximum atomic E-state index is 13.3. The summed E-state index contributed by atoms with van der Waals surface area (Å²) in [6, 6.07) is 15.0. The molecule has 0 radical (unpaired) electrons. The number of barbiturate groups is 1. The number of ether oxygens (including phenoxy) is 2. The number of carbonyl (C=O) groups excluding carboxylic acids is 3. The van der Waals surface area contributed by atoms with Crippen molar-refractivity contribution in [3.05, 3.63) is 97.5 Å². The van der Waals surface area contributed by atoms with Gasteiger partial charge in [0.2, 0.25) is 0 Å². The van der Waals surface area contributed by atoms with Crippen LogP contribution < -0.4 is 19.7 Å². The molecule has 0 aliphatic carbocycles. The minimum atomic E-state index is -0.852. The topological polar surface area (TPSA) is 128 Å². The van der Waals surface area contributed by atoms with Crippen molar-refractivity contribution >= 4 is 51.2 Å². The number of benzene rings is 3. The van der Waals surface area contributed by atoms with Crippen LogP contribution in [0.1, 0.15) is 16.7 Å². The molecule has 0 spiro atoms. The Balaban J connectivity index is 1.69. The lowest BCUT2D eigenvalue weighted by Crippen LogP contribution is -2.54. The number of nitrogens with zero attached hydrogens (tertiary/aromatic N) is 2. The van der Waals surface area contributed by atoms with Crippen LogP contribution in [-0.2, 0) is 16.2 Å². The number of nitro benzene ring substituents is 1. The predicted octanol–water partition coefficient (Wildman–Crippen LogP) is 4.92. The Kier molecular flexibility index (Phi) is 7.35. The largest absolute Gasteiger partial charge is 0.497 e. The van der Waals surface area contributed by atoms with E-state index in [4.69, 9.17) is 9.47 Å². The molecule has 3 aromatic rings. The van der Waals surface area contributed by atoms with E-state index in [0.717, 1.165) is 9.37 Å². The first kappa shape index (κ1) is 25.6. The summed E-state index contributed by atoms with van der Waals surface area (Å²) in [4.78, 5) is 50.1. The van der Waals surface area contributed by atoms with E-state index in [1.165, 1.54) is 25.3 Å². The molecule has 1 heterocycles. The van der Waals surface area contributed by atoms with Gasteiger partial charge in [-0.15, -0.1) is 0 Å². The van der Waals surface area contributed by atoms with Crippen LogP contribution in [0.2, 0.25) is 0 Å². The van der Waals surface area contributed by atoms with Gasteiger partial charge in [0.25, 0.3) is 17.5 Å². The first-order chi connectivity index (χ1) is 17.7. The summed E-state index contributed by atoms with van der Waals surface area (Å²) in [5.74, 6) is -0.916. The van der Waals surface area contributed by atoms with Gasteiger partial charge < -0.3 is 9.47 Å². The third-order valence-corrected chi connectivity index (χ3v) is 6.03. The number of amides is 4. The van der Waals surface area contributed by atoms with Gasteiger partial charge in [0, 0.05) is 28.2 Å². The molecule has 11 heteroatoms. The summed E-state index contributed by atoms with van der Waals surface area (Å²) in [6.07, 6.45) is 1.33. The van der Waals surface area contributed by atoms with Gasteiger partial charge in [-0.1, -0.05) is 28.1 Å². The van der Waals surface area contributed by atoms with Crippen molar-refractivity contribution in [2.24, 2.45) is 0 Å². The Bertz CT molecular complexity index is 1470. The first-order valence-corrected chi connectivity index (χ1v) is 11.7. The fourth-order valence-corrected chi connectivity index (χ4v) is 4.18. The van der Waals surface area contributed by atoms with Gasteiger partial charge in [0.05, 0.1) is 17.7 Å². The van der Waals surface area contributed by atoms with E-state index in [9.17, 15) is 24.5 Å². The molecule has 0 saturated carbocycles. The van der Waals surface area contributed by atoms with Gasteiger partial charge in [-0.05, 0) is 54.5 Å². The molecule has 0 unspecified atom stereocenters. The molecule has 0 bridgehead atoms. The second-order valence-corrected chi connectivity index (χ2v) is 8.92. The SMILES string of the molecule is COc1ccc(/C=C2/C(=O)NC(=O)N(c3ccc(Br)cc3C)C2=O)c(OCc2cccc([N+](=O)[O-])c2)c1. The molecular weight excluding hydrogens is 546 g/mol. The minimum absolute atomic E-state index is 0.0200. The number of halogens is 1. The Morgan fingerprint density at radius 3 is 2.57 bits per heavy atom. The highest BCUT2D eigenvalue weighted by molar-refractivity contribution is 9.10. The number of hydrogen-bond acceptors (Lipinski definition) is 7. The number of non-ortho nitro benzene ring substituents is 1. The molecule has 3 aromatic carbocycles. The zero-order chi connectivity index (χ0) is 26.7. The van der Waals surface area contributed by atoms with Crippen LogP contribution in [0.25, 0.3) is 6.08 Å². The van der Waals surface area contributed by atoms with E-state index in [1.54, 1.807) is 55.5 Å². The molecule has 1 fully saturated rings. The van der Waals surface area contributed by atoms with Crippen molar-refractivity contribution in [1.29, 1.82) is 0 Å². The van der Waals surface area contributed by atoms with Crippen LogP contribution in [0.4, 0.5) is 16.2 Å². The van der Waals surface area contributed by atoms with E-state index in [0.29, 0.717) is 28.1 Å². The van der Waals surface area contributed by atoms with Crippen LogP contribution in [0.15, 0.2) is 70.7 Å². The highest BCUT2D eigenvalue weighted by atomic mass is 79.9. The summed E-state index contributed by atoms with van der Waals surface area (Å²) in [5, 5.41) is 13.3. The molecule has 0 aromatic heterocycles. The fourth-order valence-electron chi connectivity index (χ4n) is 3.71. The van der Waals surface area contributed by atoms with Crippen LogP contribution in [-0.4, -0.2) is 29.9 Å². The second-order valence-electron chi connectivity index (χ2n) is 8.01. The summed E-state index contributed by atoms with van der Waals surface area (Å²) in [6.45, 7) is 1.72. The number of nitro groups is 1. The van der Waals surface area contributed by atoms with Gasteiger partial charge in [0.15, 0.2) is 0 Å². The number of nitrogens with one attached hydrogen (secondary N) is 1. The summed E-state index contributed by atoms with van der Waals surface area (Å²) >= 11 is 3.35. The third kappa shape index (κ3) is 5.51.